The number of morpholine rings is 1. The molecule has 0 atom stereocenters. The Morgan fingerprint density at radius 3 is 2.72 bits per heavy atom. The van der Waals surface area contributed by atoms with Crippen molar-refractivity contribution in [3.63, 3.8) is 0 Å². The number of benzene rings is 1. The van der Waals surface area contributed by atoms with E-state index in [1.54, 1.807) is 18.2 Å². The van der Waals surface area contributed by atoms with Crippen LogP contribution < -0.4 is 10.6 Å². The number of nitrogens with one attached hydrogen (secondary N) is 2. The van der Waals surface area contributed by atoms with E-state index in [4.69, 9.17) is 9.47 Å². The highest BCUT2D eigenvalue weighted by Crippen LogP contribution is 2.27. The lowest BCUT2D eigenvalue weighted by Crippen LogP contribution is -2.41. The predicted octanol–water partition coefficient (Wildman–Crippen LogP) is 0.641. The number of amides is 3. The summed E-state index contributed by atoms with van der Waals surface area (Å²) < 4.78 is 39.3. The van der Waals surface area contributed by atoms with Crippen LogP contribution in [-0.4, -0.2) is 86.5 Å². The number of rotatable bonds is 9. The van der Waals surface area contributed by atoms with Crippen molar-refractivity contribution >= 4 is 44.8 Å². The standard InChI is InChI=1S/C19H27N5O6S2/c1-3-24-16-5-4-14(32(27,28)23-7-10-30-11-8-23)12-15(16)21-19(24)31-13-17(25)22-18(26)20-6-9-29-2/h4-5,12H,3,6-11,13H2,1-2H3,(H2,20,22,25,26). The minimum atomic E-state index is -3.63. The predicted molar refractivity (Wildman–Crippen MR) is 119 cm³/mol. The second kappa shape index (κ2) is 11.1. The maximum atomic E-state index is 12.9. The molecule has 176 valence electrons. The summed E-state index contributed by atoms with van der Waals surface area (Å²) in [6, 6.07) is 4.27. The number of imide groups is 1. The van der Waals surface area contributed by atoms with Crippen LogP contribution in [0.4, 0.5) is 4.79 Å². The third kappa shape index (κ3) is 5.78. The zero-order chi connectivity index (χ0) is 23.1. The highest BCUT2D eigenvalue weighted by Gasteiger charge is 2.27. The summed E-state index contributed by atoms with van der Waals surface area (Å²) in [5.74, 6) is -0.477. The molecule has 0 bridgehead atoms. The van der Waals surface area contributed by atoms with E-state index in [0.717, 1.165) is 5.52 Å². The molecule has 0 spiro atoms. The lowest BCUT2D eigenvalue weighted by atomic mass is 10.3. The van der Waals surface area contributed by atoms with E-state index in [1.165, 1.54) is 23.2 Å². The first-order valence-electron chi connectivity index (χ1n) is 10.1. The van der Waals surface area contributed by atoms with Gasteiger partial charge in [-0.2, -0.15) is 4.31 Å². The minimum Gasteiger partial charge on any atom is -0.383 e. The molecule has 13 heteroatoms. The van der Waals surface area contributed by atoms with Crippen molar-refractivity contribution in [2.75, 3.05) is 52.3 Å². The van der Waals surface area contributed by atoms with Gasteiger partial charge in [-0.1, -0.05) is 11.8 Å². The molecular weight excluding hydrogens is 458 g/mol. The molecule has 2 aromatic rings. The van der Waals surface area contributed by atoms with Gasteiger partial charge in [-0.3, -0.25) is 10.1 Å². The molecule has 11 nitrogen and oxygen atoms in total. The van der Waals surface area contributed by atoms with Crippen LogP contribution in [0.1, 0.15) is 6.92 Å². The molecule has 3 amide bonds. The molecule has 0 saturated carbocycles. The Labute approximate surface area is 190 Å². The molecule has 1 aliphatic rings. The van der Waals surface area contributed by atoms with Gasteiger partial charge in [0.1, 0.15) is 0 Å². The molecule has 1 fully saturated rings. The van der Waals surface area contributed by atoms with Crippen molar-refractivity contribution in [1.82, 2.24) is 24.5 Å². The van der Waals surface area contributed by atoms with E-state index in [1.807, 2.05) is 11.5 Å². The average Bonchev–Trinajstić information content (AvgIpc) is 3.15. The fourth-order valence-electron chi connectivity index (χ4n) is 3.20. The van der Waals surface area contributed by atoms with Crippen molar-refractivity contribution in [3.05, 3.63) is 18.2 Å². The van der Waals surface area contributed by atoms with Crippen LogP contribution in [0.3, 0.4) is 0 Å². The Morgan fingerprint density at radius 2 is 2.03 bits per heavy atom. The number of carbonyl (C=O) groups is 2. The van der Waals surface area contributed by atoms with Gasteiger partial charge in [-0.15, -0.1) is 0 Å². The Hall–Kier alpha value is -2.19. The van der Waals surface area contributed by atoms with Gasteiger partial charge in [0.05, 0.1) is 41.5 Å². The van der Waals surface area contributed by atoms with Crippen LogP contribution in [0.5, 0.6) is 0 Å². The van der Waals surface area contributed by atoms with Gasteiger partial charge in [0.15, 0.2) is 5.16 Å². The number of fused-ring (bicyclic) bond motifs is 1. The second-order valence-corrected chi connectivity index (χ2v) is 9.77. The topological polar surface area (TPSA) is 132 Å². The van der Waals surface area contributed by atoms with E-state index in [-0.39, 0.29) is 10.6 Å². The smallest absolute Gasteiger partial charge is 0.321 e. The molecule has 1 aromatic heterocycles. The molecule has 2 heterocycles. The zero-order valence-electron chi connectivity index (χ0n) is 18.0. The van der Waals surface area contributed by atoms with Gasteiger partial charge in [0.2, 0.25) is 15.9 Å². The monoisotopic (exact) mass is 485 g/mol. The molecule has 32 heavy (non-hydrogen) atoms. The number of urea groups is 1. The van der Waals surface area contributed by atoms with Crippen molar-refractivity contribution in [3.8, 4) is 0 Å². The van der Waals surface area contributed by atoms with E-state index < -0.39 is 22.0 Å². The van der Waals surface area contributed by atoms with Crippen LogP contribution in [0.15, 0.2) is 28.3 Å². The molecular formula is C19H27N5O6S2. The Morgan fingerprint density at radius 1 is 1.28 bits per heavy atom. The molecule has 0 aliphatic carbocycles. The summed E-state index contributed by atoms with van der Waals surface area (Å²) in [6.45, 7) is 4.56. The van der Waals surface area contributed by atoms with Crippen LogP contribution in [0.2, 0.25) is 0 Å². The third-order valence-electron chi connectivity index (χ3n) is 4.79. The maximum Gasteiger partial charge on any atom is 0.321 e. The molecule has 1 aliphatic heterocycles. The highest BCUT2D eigenvalue weighted by molar-refractivity contribution is 7.99. The quantitative estimate of drug-likeness (QED) is 0.391. The van der Waals surface area contributed by atoms with Gasteiger partial charge in [-0.05, 0) is 25.1 Å². The Balaban J connectivity index is 1.71. The van der Waals surface area contributed by atoms with E-state index >= 15 is 0 Å². The summed E-state index contributed by atoms with van der Waals surface area (Å²) in [7, 11) is -2.12. The summed E-state index contributed by atoms with van der Waals surface area (Å²) in [6.07, 6.45) is 0. The number of aryl methyl sites for hydroxylation is 1. The average molecular weight is 486 g/mol. The number of aromatic nitrogens is 2. The lowest BCUT2D eigenvalue weighted by Gasteiger charge is -2.26. The molecule has 0 radical (unpaired) electrons. The van der Waals surface area contributed by atoms with E-state index in [9.17, 15) is 18.0 Å². The van der Waals surface area contributed by atoms with E-state index in [0.29, 0.717) is 56.7 Å². The number of methoxy groups -OCH3 is 1. The first-order chi connectivity index (χ1) is 15.4. The van der Waals surface area contributed by atoms with Gasteiger partial charge >= 0.3 is 6.03 Å². The fourth-order valence-corrected chi connectivity index (χ4v) is 5.51. The maximum absolute atomic E-state index is 12.9. The number of carbonyl (C=O) groups excluding carboxylic acids is 2. The van der Waals surface area contributed by atoms with Crippen LogP contribution in [0.25, 0.3) is 11.0 Å². The summed E-state index contributed by atoms with van der Waals surface area (Å²) in [5.41, 5.74) is 1.30. The Kier molecular flexibility index (Phi) is 8.48. The molecule has 1 saturated heterocycles. The number of hydrogen-bond donors (Lipinski definition) is 2. The summed E-state index contributed by atoms with van der Waals surface area (Å²) >= 11 is 1.18. The number of thioether (sulfide) groups is 1. The zero-order valence-corrected chi connectivity index (χ0v) is 19.6. The van der Waals surface area contributed by atoms with Gasteiger partial charge < -0.3 is 19.4 Å². The van der Waals surface area contributed by atoms with Crippen molar-refractivity contribution in [2.45, 2.75) is 23.5 Å². The highest BCUT2D eigenvalue weighted by atomic mass is 32.2. The number of ether oxygens (including phenoxy) is 2. The van der Waals surface area contributed by atoms with Crippen LogP contribution in [0, 0.1) is 0 Å². The fraction of sp³-hybridized carbons (Fsp3) is 0.526. The van der Waals surface area contributed by atoms with Crippen LogP contribution >= 0.6 is 11.8 Å². The SMILES string of the molecule is CCn1c(SCC(=O)NC(=O)NCCOC)nc2cc(S(=O)(=O)N3CCOCC3)ccc21. The van der Waals surface area contributed by atoms with Gasteiger partial charge in [0, 0.05) is 33.3 Å². The van der Waals surface area contributed by atoms with E-state index in [2.05, 4.69) is 15.6 Å². The van der Waals surface area contributed by atoms with Crippen molar-refractivity contribution in [2.24, 2.45) is 0 Å². The summed E-state index contributed by atoms with van der Waals surface area (Å²) in [5, 5.41) is 5.33. The largest absolute Gasteiger partial charge is 0.383 e. The first kappa shape index (κ1) is 24.5. The number of nitrogens with zero attached hydrogens (tertiary/aromatic N) is 3. The number of imidazole rings is 1. The number of sulfonamides is 1. The van der Waals surface area contributed by atoms with Gasteiger partial charge in [-0.25, -0.2) is 18.2 Å². The normalized spacial score (nSPS) is 15.1. The molecule has 3 rings (SSSR count). The van der Waals surface area contributed by atoms with Crippen molar-refractivity contribution < 1.29 is 27.5 Å². The lowest BCUT2D eigenvalue weighted by molar-refractivity contribution is -0.117. The van der Waals surface area contributed by atoms with Crippen LogP contribution in [-0.2, 0) is 30.8 Å². The number of hydrogen-bond acceptors (Lipinski definition) is 8. The first-order valence-corrected chi connectivity index (χ1v) is 12.6. The Bertz CT molecular complexity index is 1070. The van der Waals surface area contributed by atoms with Gasteiger partial charge in [0.25, 0.3) is 0 Å². The molecule has 2 N–H and O–H groups in total. The third-order valence-corrected chi connectivity index (χ3v) is 7.66. The molecule has 0 unspecified atom stereocenters. The van der Waals surface area contributed by atoms with Crippen molar-refractivity contribution in [1.29, 1.82) is 0 Å². The molecule has 1 aromatic carbocycles. The minimum absolute atomic E-state index is 0.0139. The second-order valence-electron chi connectivity index (χ2n) is 6.89. The summed E-state index contributed by atoms with van der Waals surface area (Å²) in [4.78, 5) is 28.5.